The van der Waals surface area contributed by atoms with Crippen molar-refractivity contribution in [1.29, 1.82) is 0 Å². The highest BCUT2D eigenvalue weighted by Gasteiger charge is 2.69. The average Bonchev–Trinajstić information content (AvgIpc) is 3.12. The van der Waals surface area contributed by atoms with Crippen LogP contribution in [-0.2, 0) is 30.8 Å². The molecule has 1 fully saturated rings. The van der Waals surface area contributed by atoms with Gasteiger partial charge in [0.15, 0.2) is 9.84 Å². The van der Waals surface area contributed by atoms with Crippen LogP contribution in [0.4, 0.5) is 11.4 Å². The zero-order chi connectivity index (χ0) is 22.7. The molecule has 0 saturated carbocycles. The van der Waals surface area contributed by atoms with Crippen molar-refractivity contribution < 1.29 is 18.0 Å². The highest BCUT2D eigenvalue weighted by Crippen LogP contribution is 2.52. The Morgan fingerprint density at radius 3 is 2.41 bits per heavy atom. The van der Waals surface area contributed by atoms with E-state index in [4.69, 9.17) is 11.6 Å². The van der Waals surface area contributed by atoms with E-state index in [1.54, 1.807) is 48.5 Å². The normalized spacial score (nSPS) is 21.4. The first-order chi connectivity index (χ1) is 15.3. The molecule has 3 aromatic rings. The minimum atomic E-state index is -4.19. The lowest BCUT2D eigenvalue weighted by Crippen LogP contribution is -2.54. The van der Waals surface area contributed by atoms with Gasteiger partial charge < -0.3 is 4.90 Å². The van der Waals surface area contributed by atoms with E-state index in [9.17, 15) is 18.0 Å². The number of halogens is 1. The molecule has 1 saturated heterocycles. The summed E-state index contributed by atoms with van der Waals surface area (Å²) in [7, 11) is -4.19. The molecule has 3 aromatic carbocycles. The predicted octanol–water partition coefficient (Wildman–Crippen LogP) is 3.81. The number of fused-ring (bicyclic) bond motifs is 2. The van der Waals surface area contributed by atoms with Crippen LogP contribution in [0.15, 0.2) is 72.8 Å². The second-order valence-corrected chi connectivity index (χ2v) is 10.6. The summed E-state index contributed by atoms with van der Waals surface area (Å²) in [5, 5.41) is 0.441. The molecule has 32 heavy (non-hydrogen) atoms. The first-order valence-corrected chi connectivity index (χ1v) is 12.1. The first kappa shape index (κ1) is 20.7. The molecule has 0 radical (unpaired) electrons. The topological polar surface area (TPSA) is 74.8 Å². The number of benzene rings is 3. The van der Waals surface area contributed by atoms with Crippen molar-refractivity contribution in [2.75, 3.05) is 15.6 Å². The molecule has 8 heteroatoms. The molecule has 6 nitrogen and oxygen atoms in total. The van der Waals surface area contributed by atoms with Crippen molar-refractivity contribution in [2.24, 2.45) is 0 Å². The first-order valence-electron chi connectivity index (χ1n) is 10.0. The van der Waals surface area contributed by atoms with E-state index in [1.165, 1.54) is 4.90 Å². The van der Waals surface area contributed by atoms with Crippen LogP contribution in [0.1, 0.15) is 16.7 Å². The van der Waals surface area contributed by atoms with Gasteiger partial charge in [-0.2, -0.15) is 0 Å². The van der Waals surface area contributed by atoms with Gasteiger partial charge in [0.2, 0.25) is 5.91 Å². The highest BCUT2D eigenvalue weighted by molar-refractivity contribution is 7.94. The Morgan fingerprint density at radius 2 is 1.69 bits per heavy atom. The van der Waals surface area contributed by atoms with Gasteiger partial charge in [0.1, 0.15) is 5.75 Å². The lowest BCUT2D eigenvalue weighted by atomic mass is 10.0. The standard InChI is InChI=1S/C24H19ClN2O4S/c1-16-5-4-6-17(13-16)14-26-21-8-3-2-7-20(21)24(23(26)29)27(22(28)15-32(24,30)31)19-11-9-18(25)10-12-19/h2-13H,14-15H2,1H3/t24-/m0/s1. The van der Waals surface area contributed by atoms with Crippen molar-refractivity contribution in [1.82, 2.24) is 0 Å². The second-order valence-electron chi connectivity index (χ2n) is 8.01. The number of nitrogens with zero attached hydrogens (tertiary/aromatic N) is 2. The van der Waals surface area contributed by atoms with E-state index in [0.29, 0.717) is 22.0 Å². The molecule has 0 unspecified atom stereocenters. The number of amides is 2. The lowest BCUT2D eigenvalue weighted by molar-refractivity contribution is -0.123. The molecular formula is C24H19ClN2O4S. The molecule has 2 amide bonds. The Balaban J connectivity index is 1.73. The van der Waals surface area contributed by atoms with Gasteiger partial charge in [0.25, 0.3) is 10.8 Å². The average molecular weight is 467 g/mol. The van der Waals surface area contributed by atoms with Gasteiger partial charge in [-0.15, -0.1) is 0 Å². The summed E-state index contributed by atoms with van der Waals surface area (Å²) in [4.78, 5) is 27.5. The van der Waals surface area contributed by atoms with Gasteiger partial charge in [-0.25, -0.2) is 8.42 Å². The summed E-state index contributed by atoms with van der Waals surface area (Å²) in [6.07, 6.45) is 0. The number of hydrogen-bond donors (Lipinski definition) is 0. The highest BCUT2D eigenvalue weighted by atomic mass is 35.5. The number of para-hydroxylation sites is 1. The zero-order valence-corrected chi connectivity index (χ0v) is 18.7. The Bertz CT molecular complexity index is 1370. The lowest BCUT2D eigenvalue weighted by Gasteiger charge is -2.32. The van der Waals surface area contributed by atoms with Crippen LogP contribution < -0.4 is 9.80 Å². The number of hydrogen-bond acceptors (Lipinski definition) is 4. The van der Waals surface area contributed by atoms with Gasteiger partial charge in [-0.3, -0.25) is 14.5 Å². The Hall–Kier alpha value is -3.16. The summed E-state index contributed by atoms with van der Waals surface area (Å²) in [5.41, 5.74) is 2.98. The third kappa shape index (κ3) is 2.81. The molecule has 1 spiro atoms. The zero-order valence-electron chi connectivity index (χ0n) is 17.2. The van der Waals surface area contributed by atoms with E-state index in [2.05, 4.69) is 0 Å². The van der Waals surface area contributed by atoms with Crippen LogP contribution >= 0.6 is 11.6 Å². The Kier molecular flexibility index (Phi) is 4.65. The summed E-state index contributed by atoms with van der Waals surface area (Å²) >= 11 is 6.00. The minimum Gasteiger partial charge on any atom is -0.304 e. The van der Waals surface area contributed by atoms with Crippen LogP contribution in [0.5, 0.6) is 0 Å². The molecular weight excluding hydrogens is 448 g/mol. The van der Waals surface area contributed by atoms with Crippen LogP contribution in [-0.4, -0.2) is 26.0 Å². The predicted molar refractivity (Wildman–Crippen MR) is 123 cm³/mol. The van der Waals surface area contributed by atoms with Gasteiger partial charge in [0, 0.05) is 16.3 Å². The molecule has 0 aromatic heterocycles. The fourth-order valence-electron chi connectivity index (χ4n) is 4.63. The maximum Gasteiger partial charge on any atom is 0.274 e. The maximum atomic E-state index is 14.0. The summed E-state index contributed by atoms with van der Waals surface area (Å²) in [6, 6.07) is 20.7. The van der Waals surface area contributed by atoms with Gasteiger partial charge in [-0.05, 0) is 42.8 Å². The van der Waals surface area contributed by atoms with E-state index in [1.807, 2.05) is 31.2 Å². The SMILES string of the molecule is Cc1cccc(CN2C(=O)[C@@]3(c4ccccc42)N(c2ccc(Cl)cc2)C(=O)CS3(=O)=O)c1. The third-order valence-electron chi connectivity index (χ3n) is 5.93. The molecule has 1 atom stereocenters. The molecule has 0 bridgehead atoms. The van der Waals surface area contributed by atoms with Crippen LogP contribution in [0.25, 0.3) is 0 Å². The van der Waals surface area contributed by atoms with Crippen molar-refractivity contribution in [3.63, 3.8) is 0 Å². The Morgan fingerprint density at radius 1 is 0.969 bits per heavy atom. The van der Waals surface area contributed by atoms with Crippen molar-refractivity contribution in [3.05, 3.63) is 94.5 Å². The minimum absolute atomic E-state index is 0.192. The molecule has 2 aliphatic rings. The number of rotatable bonds is 3. The molecule has 0 aliphatic carbocycles. The van der Waals surface area contributed by atoms with Crippen molar-refractivity contribution >= 4 is 44.6 Å². The van der Waals surface area contributed by atoms with Gasteiger partial charge >= 0.3 is 0 Å². The second kappa shape index (κ2) is 7.18. The fraction of sp³-hybridized carbons (Fsp3) is 0.167. The van der Waals surface area contributed by atoms with E-state index < -0.39 is 32.3 Å². The monoisotopic (exact) mass is 466 g/mol. The van der Waals surface area contributed by atoms with E-state index in [-0.39, 0.29) is 6.54 Å². The van der Waals surface area contributed by atoms with Crippen LogP contribution in [0.2, 0.25) is 5.02 Å². The summed E-state index contributed by atoms with van der Waals surface area (Å²) in [6.45, 7) is 2.14. The van der Waals surface area contributed by atoms with E-state index in [0.717, 1.165) is 16.0 Å². The summed E-state index contributed by atoms with van der Waals surface area (Å²) < 4.78 is 27.1. The molecule has 5 rings (SSSR count). The molecule has 2 aliphatic heterocycles. The number of carbonyl (C=O) groups excluding carboxylic acids is 2. The van der Waals surface area contributed by atoms with Gasteiger partial charge in [-0.1, -0.05) is 59.6 Å². The van der Waals surface area contributed by atoms with Crippen LogP contribution in [0.3, 0.4) is 0 Å². The molecule has 0 N–H and O–H groups in total. The third-order valence-corrected chi connectivity index (χ3v) is 8.29. The molecule has 2 heterocycles. The van der Waals surface area contributed by atoms with Crippen molar-refractivity contribution in [3.8, 4) is 0 Å². The van der Waals surface area contributed by atoms with Crippen LogP contribution in [0, 0.1) is 6.92 Å². The molecule has 162 valence electrons. The van der Waals surface area contributed by atoms with E-state index >= 15 is 0 Å². The number of carbonyl (C=O) groups is 2. The number of sulfone groups is 1. The van der Waals surface area contributed by atoms with Gasteiger partial charge in [0.05, 0.1) is 12.2 Å². The summed E-state index contributed by atoms with van der Waals surface area (Å²) in [5.74, 6) is -2.04. The van der Waals surface area contributed by atoms with Crippen molar-refractivity contribution in [2.45, 2.75) is 18.3 Å². The smallest absolute Gasteiger partial charge is 0.274 e. The largest absolute Gasteiger partial charge is 0.304 e. The number of anilines is 2. The fourth-order valence-corrected chi connectivity index (χ4v) is 6.79. The Labute approximate surface area is 190 Å². The maximum absolute atomic E-state index is 14.0. The number of aryl methyl sites for hydroxylation is 1. The quantitative estimate of drug-likeness (QED) is 0.588.